The highest BCUT2D eigenvalue weighted by atomic mass is 16.5. The van der Waals surface area contributed by atoms with Gasteiger partial charge in [0.05, 0.1) is 6.10 Å². The minimum atomic E-state index is -1.06. The molecule has 0 spiro atoms. The number of hydrogen-bond donors (Lipinski definition) is 4. The molecule has 1 aliphatic carbocycles. The number of fused-ring (bicyclic) bond motifs is 3. The van der Waals surface area contributed by atoms with Gasteiger partial charge >= 0.3 is 6.09 Å². The number of aliphatic hydroxyl groups excluding tert-OH is 3. The fourth-order valence-electron chi connectivity index (χ4n) is 4.36. The summed E-state index contributed by atoms with van der Waals surface area (Å²) in [6.07, 6.45) is -1.90. The summed E-state index contributed by atoms with van der Waals surface area (Å²) in [5.74, 6) is -0.00984. The van der Waals surface area contributed by atoms with Gasteiger partial charge in [-0.15, -0.1) is 0 Å². The monoisotopic (exact) mass is 447 g/mol. The summed E-state index contributed by atoms with van der Waals surface area (Å²) in [6, 6.07) is 23.4. The number of benzene rings is 3. The van der Waals surface area contributed by atoms with Crippen LogP contribution >= 0.6 is 0 Å². The lowest BCUT2D eigenvalue weighted by Crippen LogP contribution is -2.30. The van der Waals surface area contributed by atoms with Crippen LogP contribution in [-0.4, -0.2) is 47.3 Å². The van der Waals surface area contributed by atoms with E-state index < -0.39 is 18.3 Å². The van der Waals surface area contributed by atoms with Crippen LogP contribution in [0.15, 0.2) is 72.8 Å². The third-order valence-electron chi connectivity index (χ3n) is 6.14. The van der Waals surface area contributed by atoms with Crippen molar-refractivity contribution < 1.29 is 24.9 Å². The van der Waals surface area contributed by atoms with Crippen molar-refractivity contribution in [3.63, 3.8) is 0 Å². The Morgan fingerprint density at radius 1 is 0.909 bits per heavy atom. The Bertz CT molecular complexity index is 1040. The van der Waals surface area contributed by atoms with Gasteiger partial charge in [-0.1, -0.05) is 72.8 Å². The molecule has 0 heterocycles. The highest BCUT2D eigenvalue weighted by molar-refractivity contribution is 5.79. The molecule has 3 aromatic rings. The molecule has 4 rings (SSSR count). The van der Waals surface area contributed by atoms with Gasteiger partial charge in [0.15, 0.2) is 0 Å². The Kier molecular flexibility index (Phi) is 7.40. The number of hydrogen-bond acceptors (Lipinski definition) is 5. The molecular weight excluding hydrogens is 418 g/mol. The topological polar surface area (TPSA) is 99.0 Å². The fraction of sp³-hybridized carbons (Fsp3) is 0.296. The molecule has 0 saturated heterocycles. The lowest BCUT2D eigenvalue weighted by Gasteiger charge is -2.19. The van der Waals surface area contributed by atoms with Gasteiger partial charge in [-0.3, -0.25) is 0 Å². The first kappa shape index (κ1) is 23.0. The van der Waals surface area contributed by atoms with Crippen molar-refractivity contribution in [2.75, 3.05) is 19.8 Å². The SMILES string of the molecule is O=C(NCCC(O)C(O)c1ccc(CCO)cc1)OCC1c2ccccc2-c2ccccc21. The minimum absolute atomic E-state index is 0.00984. The zero-order chi connectivity index (χ0) is 23.2. The maximum absolute atomic E-state index is 12.2. The number of aliphatic hydroxyl groups is 3. The van der Waals surface area contributed by atoms with Gasteiger partial charge in [-0.2, -0.15) is 0 Å². The smallest absolute Gasteiger partial charge is 0.407 e. The second-order valence-corrected chi connectivity index (χ2v) is 8.27. The van der Waals surface area contributed by atoms with Gasteiger partial charge in [0.25, 0.3) is 0 Å². The van der Waals surface area contributed by atoms with E-state index in [4.69, 9.17) is 9.84 Å². The zero-order valence-electron chi connectivity index (χ0n) is 18.4. The fourth-order valence-corrected chi connectivity index (χ4v) is 4.36. The molecule has 172 valence electrons. The zero-order valence-corrected chi connectivity index (χ0v) is 18.4. The first-order valence-electron chi connectivity index (χ1n) is 11.2. The average Bonchev–Trinajstić information content (AvgIpc) is 3.16. The molecule has 1 aliphatic rings. The molecule has 4 N–H and O–H groups in total. The van der Waals surface area contributed by atoms with Crippen LogP contribution in [-0.2, 0) is 11.2 Å². The lowest BCUT2D eigenvalue weighted by atomic mass is 9.98. The van der Waals surface area contributed by atoms with Gasteiger partial charge in [0.1, 0.15) is 12.7 Å². The largest absolute Gasteiger partial charge is 0.449 e. The Labute approximate surface area is 193 Å². The van der Waals surface area contributed by atoms with E-state index in [9.17, 15) is 15.0 Å². The number of amides is 1. The molecule has 0 aromatic heterocycles. The van der Waals surface area contributed by atoms with Gasteiger partial charge in [0, 0.05) is 19.1 Å². The molecule has 3 aromatic carbocycles. The lowest BCUT2D eigenvalue weighted by molar-refractivity contribution is 0.0136. The van der Waals surface area contributed by atoms with Crippen LogP contribution in [0.3, 0.4) is 0 Å². The number of alkyl carbamates (subject to hydrolysis) is 1. The number of ether oxygens (including phenoxy) is 1. The normalized spacial score (nSPS) is 14.3. The Morgan fingerprint density at radius 2 is 1.52 bits per heavy atom. The Morgan fingerprint density at radius 3 is 2.12 bits per heavy atom. The highest BCUT2D eigenvalue weighted by Crippen LogP contribution is 2.44. The van der Waals surface area contributed by atoms with Crippen molar-refractivity contribution in [2.24, 2.45) is 0 Å². The van der Waals surface area contributed by atoms with E-state index in [0.29, 0.717) is 12.0 Å². The quantitative estimate of drug-likeness (QED) is 0.402. The first-order valence-corrected chi connectivity index (χ1v) is 11.2. The molecule has 6 heteroatoms. The van der Waals surface area contributed by atoms with Crippen molar-refractivity contribution in [2.45, 2.75) is 31.0 Å². The number of rotatable bonds is 9. The molecule has 0 bridgehead atoms. The average molecular weight is 448 g/mol. The standard InChI is InChI=1S/C27H29NO5/c29-16-14-18-9-11-19(12-10-18)26(31)25(30)13-15-28-27(32)33-17-24-22-7-3-1-5-20(22)21-6-2-4-8-23(21)24/h1-12,24-26,29-31H,13-17H2,(H,28,32). The predicted octanol–water partition coefficient (Wildman–Crippen LogP) is 3.54. The maximum Gasteiger partial charge on any atom is 0.407 e. The molecule has 2 unspecified atom stereocenters. The highest BCUT2D eigenvalue weighted by Gasteiger charge is 2.29. The molecule has 6 nitrogen and oxygen atoms in total. The summed E-state index contributed by atoms with van der Waals surface area (Å²) in [7, 11) is 0. The van der Waals surface area contributed by atoms with E-state index in [1.165, 1.54) is 11.1 Å². The van der Waals surface area contributed by atoms with Gasteiger partial charge in [-0.05, 0) is 46.2 Å². The summed E-state index contributed by atoms with van der Waals surface area (Å²) in [4.78, 5) is 12.2. The van der Waals surface area contributed by atoms with E-state index in [2.05, 4.69) is 29.6 Å². The van der Waals surface area contributed by atoms with Crippen molar-refractivity contribution >= 4 is 6.09 Å². The number of nitrogens with one attached hydrogen (secondary N) is 1. The molecule has 0 fully saturated rings. The predicted molar refractivity (Wildman–Crippen MR) is 126 cm³/mol. The summed E-state index contributed by atoms with van der Waals surface area (Å²) >= 11 is 0. The van der Waals surface area contributed by atoms with Crippen molar-refractivity contribution in [1.82, 2.24) is 5.32 Å². The summed E-state index contributed by atoms with van der Waals surface area (Å²) in [6.45, 7) is 0.467. The second-order valence-electron chi connectivity index (χ2n) is 8.27. The molecule has 33 heavy (non-hydrogen) atoms. The van der Waals surface area contributed by atoms with Gasteiger partial charge < -0.3 is 25.4 Å². The number of carbonyl (C=O) groups excluding carboxylic acids is 1. The van der Waals surface area contributed by atoms with Crippen LogP contribution in [0.1, 0.15) is 40.7 Å². The minimum Gasteiger partial charge on any atom is -0.449 e. The van der Waals surface area contributed by atoms with E-state index in [-0.39, 0.29) is 32.1 Å². The molecule has 0 aliphatic heterocycles. The van der Waals surface area contributed by atoms with Crippen LogP contribution in [0.2, 0.25) is 0 Å². The van der Waals surface area contributed by atoms with Crippen LogP contribution in [0.4, 0.5) is 4.79 Å². The second kappa shape index (κ2) is 10.6. The summed E-state index contributed by atoms with van der Waals surface area (Å²) in [5.41, 5.74) is 6.18. The molecule has 2 atom stereocenters. The van der Waals surface area contributed by atoms with Crippen molar-refractivity contribution in [3.05, 3.63) is 95.1 Å². The molecule has 1 amide bonds. The van der Waals surface area contributed by atoms with Crippen LogP contribution in [0, 0.1) is 0 Å². The Balaban J connectivity index is 1.25. The van der Waals surface area contributed by atoms with E-state index in [1.54, 1.807) is 12.1 Å². The Hall–Kier alpha value is -3.19. The maximum atomic E-state index is 12.2. The third kappa shape index (κ3) is 5.25. The summed E-state index contributed by atoms with van der Waals surface area (Å²) < 4.78 is 5.49. The van der Waals surface area contributed by atoms with Crippen LogP contribution < -0.4 is 5.32 Å². The molecule has 0 saturated carbocycles. The van der Waals surface area contributed by atoms with Gasteiger partial charge in [-0.25, -0.2) is 4.79 Å². The first-order chi connectivity index (χ1) is 16.1. The van der Waals surface area contributed by atoms with Crippen LogP contribution in [0.25, 0.3) is 11.1 Å². The van der Waals surface area contributed by atoms with Crippen LogP contribution in [0.5, 0.6) is 0 Å². The third-order valence-corrected chi connectivity index (χ3v) is 6.14. The van der Waals surface area contributed by atoms with Crippen molar-refractivity contribution in [3.8, 4) is 11.1 Å². The van der Waals surface area contributed by atoms with E-state index in [1.807, 2.05) is 36.4 Å². The molecule has 0 radical (unpaired) electrons. The summed E-state index contributed by atoms with van der Waals surface area (Å²) in [5, 5.41) is 32.3. The molecular formula is C27H29NO5. The van der Waals surface area contributed by atoms with Crippen molar-refractivity contribution in [1.29, 1.82) is 0 Å². The van der Waals surface area contributed by atoms with E-state index in [0.717, 1.165) is 16.7 Å². The van der Waals surface area contributed by atoms with E-state index >= 15 is 0 Å². The number of carbonyl (C=O) groups is 1. The van der Waals surface area contributed by atoms with Gasteiger partial charge in [0.2, 0.25) is 0 Å².